The number of ether oxygens (including phenoxy) is 2. The third-order valence-corrected chi connectivity index (χ3v) is 7.39. The number of fused-ring (bicyclic) bond motifs is 2. The molecule has 0 bridgehead atoms. The number of hydrogen-bond acceptors (Lipinski definition) is 5. The molecule has 0 N–H and O–H groups in total. The van der Waals surface area contributed by atoms with Gasteiger partial charge in [-0.1, -0.05) is 20.8 Å². The average molecular weight is 476 g/mol. The maximum atomic E-state index is 14.3. The first-order valence-electron chi connectivity index (χ1n) is 12.5. The van der Waals surface area contributed by atoms with Crippen LogP contribution in [0.2, 0.25) is 0 Å². The summed E-state index contributed by atoms with van der Waals surface area (Å²) in [4.78, 5) is 31.0. The van der Waals surface area contributed by atoms with Gasteiger partial charge in [-0.15, -0.1) is 0 Å². The molecule has 4 rings (SSSR count). The molecule has 0 aliphatic carbocycles. The number of rotatable bonds is 3. The van der Waals surface area contributed by atoms with Gasteiger partial charge in [0, 0.05) is 31.1 Å². The van der Waals surface area contributed by atoms with Crippen LogP contribution in [0.15, 0.2) is 18.2 Å². The Morgan fingerprint density at radius 3 is 2.35 bits per heavy atom. The molecule has 3 heterocycles. The number of benzene rings is 1. The van der Waals surface area contributed by atoms with Crippen molar-refractivity contribution in [2.75, 3.05) is 50.8 Å². The lowest BCUT2D eigenvalue weighted by Gasteiger charge is -2.45. The molecular weight excluding hydrogens is 437 g/mol. The first kappa shape index (κ1) is 24.8. The van der Waals surface area contributed by atoms with Gasteiger partial charge in [-0.3, -0.25) is 4.90 Å². The van der Waals surface area contributed by atoms with E-state index in [1.54, 1.807) is 21.9 Å². The van der Waals surface area contributed by atoms with Crippen LogP contribution in [0.25, 0.3) is 0 Å². The van der Waals surface area contributed by atoms with Gasteiger partial charge in [0.2, 0.25) is 0 Å². The second-order valence-electron chi connectivity index (χ2n) is 11.1. The van der Waals surface area contributed by atoms with Gasteiger partial charge in [0.05, 0.1) is 18.9 Å². The van der Waals surface area contributed by atoms with Crippen molar-refractivity contribution in [3.63, 3.8) is 0 Å². The van der Waals surface area contributed by atoms with Crippen LogP contribution in [-0.4, -0.2) is 74.0 Å². The summed E-state index contributed by atoms with van der Waals surface area (Å²) in [6.45, 7) is 12.4. The molecule has 3 aliphatic heterocycles. The van der Waals surface area contributed by atoms with E-state index in [0.29, 0.717) is 38.9 Å². The Hall–Kier alpha value is -2.35. The Kier molecular flexibility index (Phi) is 7.08. The van der Waals surface area contributed by atoms with E-state index in [-0.39, 0.29) is 28.8 Å². The minimum Gasteiger partial charge on any atom is -0.450 e. The molecule has 0 unspecified atom stereocenters. The van der Waals surface area contributed by atoms with E-state index >= 15 is 0 Å². The van der Waals surface area contributed by atoms with Crippen LogP contribution in [0, 0.1) is 11.2 Å². The van der Waals surface area contributed by atoms with Gasteiger partial charge in [-0.25, -0.2) is 14.0 Å². The number of amides is 2. The lowest BCUT2D eigenvalue weighted by Crippen LogP contribution is -2.52. The Balaban J connectivity index is 1.41. The van der Waals surface area contributed by atoms with Crippen molar-refractivity contribution in [3.8, 4) is 0 Å². The molecule has 0 radical (unpaired) electrons. The maximum Gasteiger partial charge on any atom is 0.414 e. The van der Waals surface area contributed by atoms with Crippen LogP contribution in [-0.2, 0) is 14.9 Å². The van der Waals surface area contributed by atoms with Crippen LogP contribution in [0.5, 0.6) is 0 Å². The lowest BCUT2D eigenvalue weighted by molar-refractivity contribution is 0.0575. The van der Waals surface area contributed by atoms with E-state index in [2.05, 4.69) is 4.90 Å². The fourth-order valence-electron chi connectivity index (χ4n) is 5.53. The van der Waals surface area contributed by atoms with Gasteiger partial charge in [0.1, 0.15) is 5.82 Å². The van der Waals surface area contributed by atoms with Crippen LogP contribution in [0.3, 0.4) is 0 Å². The van der Waals surface area contributed by atoms with Crippen molar-refractivity contribution in [1.29, 1.82) is 0 Å². The van der Waals surface area contributed by atoms with Crippen molar-refractivity contribution < 1.29 is 23.5 Å². The monoisotopic (exact) mass is 475 g/mol. The molecule has 7 nitrogen and oxygen atoms in total. The van der Waals surface area contributed by atoms with E-state index in [0.717, 1.165) is 50.0 Å². The number of piperidine rings is 2. The van der Waals surface area contributed by atoms with Gasteiger partial charge < -0.3 is 19.3 Å². The molecule has 2 amide bonds. The van der Waals surface area contributed by atoms with Crippen molar-refractivity contribution in [2.45, 2.75) is 64.8 Å². The predicted molar refractivity (Wildman–Crippen MR) is 129 cm³/mol. The lowest BCUT2D eigenvalue weighted by atomic mass is 9.74. The van der Waals surface area contributed by atoms with Crippen molar-refractivity contribution in [2.24, 2.45) is 5.41 Å². The highest BCUT2D eigenvalue weighted by atomic mass is 19.1. The fraction of sp³-hybridized carbons (Fsp3) is 0.692. The summed E-state index contributed by atoms with van der Waals surface area (Å²) < 4.78 is 25.0. The minimum absolute atomic E-state index is 0.118. The fourth-order valence-corrected chi connectivity index (χ4v) is 5.53. The Bertz CT molecular complexity index is 900. The van der Waals surface area contributed by atoms with E-state index in [1.807, 2.05) is 27.7 Å². The van der Waals surface area contributed by atoms with Gasteiger partial charge in [-0.05, 0) is 74.9 Å². The molecule has 188 valence electrons. The maximum absolute atomic E-state index is 14.3. The van der Waals surface area contributed by atoms with Crippen LogP contribution < -0.4 is 4.90 Å². The van der Waals surface area contributed by atoms with Crippen molar-refractivity contribution in [3.05, 3.63) is 29.6 Å². The Labute approximate surface area is 202 Å². The summed E-state index contributed by atoms with van der Waals surface area (Å²) in [5.41, 5.74) is 1.33. The van der Waals surface area contributed by atoms with Crippen molar-refractivity contribution >= 4 is 17.9 Å². The molecule has 2 fully saturated rings. The van der Waals surface area contributed by atoms with Crippen molar-refractivity contribution in [1.82, 2.24) is 9.80 Å². The summed E-state index contributed by atoms with van der Waals surface area (Å²) in [6.07, 6.45) is 3.02. The molecule has 1 spiro atoms. The summed E-state index contributed by atoms with van der Waals surface area (Å²) >= 11 is 0. The van der Waals surface area contributed by atoms with Gasteiger partial charge in [-0.2, -0.15) is 0 Å². The highest BCUT2D eigenvalue weighted by molar-refractivity contribution is 5.91. The standard InChI is InChI=1S/C26H38FN3O4/c1-5-33-23(31)29-12-8-20(9-13-29)28-14-10-26(11-15-28)17-30(24(32)34-18-25(2,3)4)22-7-6-19(27)16-21(22)26/h6-7,16,20H,5,8-15,17-18H2,1-4H3. The van der Waals surface area contributed by atoms with Crippen LogP contribution in [0.1, 0.15) is 58.9 Å². The topological polar surface area (TPSA) is 62.3 Å². The number of carbonyl (C=O) groups excluding carboxylic acids is 2. The number of anilines is 1. The first-order valence-corrected chi connectivity index (χ1v) is 12.5. The van der Waals surface area contributed by atoms with Gasteiger partial charge >= 0.3 is 12.2 Å². The second-order valence-corrected chi connectivity index (χ2v) is 11.1. The third kappa shape index (κ3) is 5.16. The van der Waals surface area contributed by atoms with Crippen LogP contribution >= 0.6 is 0 Å². The van der Waals surface area contributed by atoms with E-state index in [9.17, 15) is 14.0 Å². The third-order valence-electron chi connectivity index (χ3n) is 7.39. The molecule has 3 aliphatic rings. The number of carbonyl (C=O) groups is 2. The van der Waals surface area contributed by atoms with Gasteiger partial charge in [0.25, 0.3) is 0 Å². The van der Waals surface area contributed by atoms with E-state index < -0.39 is 0 Å². The molecule has 1 aromatic carbocycles. The predicted octanol–water partition coefficient (Wildman–Crippen LogP) is 4.78. The summed E-state index contributed by atoms with van der Waals surface area (Å²) in [6, 6.07) is 5.19. The van der Waals surface area contributed by atoms with E-state index in [4.69, 9.17) is 9.47 Å². The normalized spacial score (nSPS) is 21.0. The number of nitrogens with zero attached hydrogens (tertiary/aromatic N) is 3. The number of halogens is 1. The molecule has 0 aromatic heterocycles. The van der Waals surface area contributed by atoms with Crippen LogP contribution in [0.4, 0.5) is 19.7 Å². The highest BCUT2D eigenvalue weighted by Gasteiger charge is 2.48. The molecule has 8 heteroatoms. The Morgan fingerprint density at radius 1 is 1.06 bits per heavy atom. The summed E-state index contributed by atoms with van der Waals surface area (Å²) in [5.74, 6) is -0.267. The number of likely N-dealkylation sites (tertiary alicyclic amines) is 2. The largest absolute Gasteiger partial charge is 0.450 e. The Morgan fingerprint density at radius 2 is 1.74 bits per heavy atom. The highest BCUT2D eigenvalue weighted by Crippen LogP contribution is 2.48. The zero-order valence-electron chi connectivity index (χ0n) is 20.9. The summed E-state index contributed by atoms with van der Waals surface area (Å²) in [5, 5.41) is 0. The molecule has 2 saturated heterocycles. The zero-order chi connectivity index (χ0) is 24.5. The second kappa shape index (κ2) is 9.72. The smallest absolute Gasteiger partial charge is 0.414 e. The molecule has 1 aromatic rings. The molecule has 34 heavy (non-hydrogen) atoms. The minimum atomic E-state index is -0.353. The SMILES string of the molecule is CCOC(=O)N1CCC(N2CCC3(CC2)CN(C(=O)OCC(C)(C)C)c2ccc(F)cc23)CC1. The average Bonchev–Trinajstić information content (AvgIpc) is 3.11. The number of hydrogen-bond donors (Lipinski definition) is 0. The summed E-state index contributed by atoms with van der Waals surface area (Å²) in [7, 11) is 0. The van der Waals surface area contributed by atoms with Gasteiger partial charge in [0.15, 0.2) is 0 Å². The first-order chi connectivity index (χ1) is 16.1. The quantitative estimate of drug-likeness (QED) is 0.630. The van der Waals surface area contributed by atoms with E-state index in [1.165, 1.54) is 6.07 Å². The molecule has 0 atom stereocenters. The zero-order valence-corrected chi connectivity index (χ0v) is 20.9. The molecule has 0 saturated carbocycles. The molecular formula is C26H38FN3O4.